The summed E-state index contributed by atoms with van der Waals surface area (Å²) in [6, 6.07) is 3.96. The molecule has 25 heavy (non-hydrogen) atoms. The minimum absolute atomic E-state index is 0.435. The van der Waals surface area contributed by atoms with Crippen LogP contribution in [0.3, 0.4) is 0 Å². The second-order valence-electron chi connectivity index (χ2n) is 5.77. The Morgan fingerprint density at radius 1 is 1.24 bits per heavy atom. The van der Waals surface area contributed by atoms with E-state index in [1.165, 1.54) is 7.11 Å². The van der Waals surface area contributed by atoms with Crippen molar-refractivity contribution in [1.29, 1.82) is 0 Å². The maximum Gasteiger partial charge on any atom is 0.125 e. The fourth-order valence-electron chi connectivity index (χ4n) is 2.34. The fourth-order valence-corrected chi connectivity index (χ4v) is 3.45. The van der Waals surface area contributed by atoms with Gasteiger partial charge in [0.2, 0.25) is 0 Å². The molecule has 0 aliphatic rings. The Hall–Kier alpha value is -1.82. The van der Waals surface area contributed by atoms with Crippen LogP contribution in [0.15, 0.2) is 29.4 Å². The highest BCUT2D eigenvalue weighted by atomic mass is 32.2. The average Bonchev–Trinajstić information content (AvgIpc) is 2.53. The molecule has 140 valence electrons. The van der Waals surface area contributed by atoms with Crippen molar-refractivity contribution in [3.05, 3.63) is 35.4 Å². The molecule has 0 bridgehead atoms. The number of ether oxygens (including phenoxy) is 2. The molecule has 0 heterocycles. The van der Waals surface area contributed by atoms with Gasteiger partial charge >= 0.3 is 0 Å². The number of aryl methyl sites for hydroxylation is 2. The molecule has 0 fully saturated rings. The van der Waals surface area contributed by atoms with Gasteiger partial charge in [-0.2, -0.15) is 0 Å². The molecule has 1 unspecified atom stereocenters. The van der Waals surface area contributed by atoms with Gasteiger partial charge < -0.3 is 14.3 Å². The average molecular weight is 368 g/mol. The van der Waals surface area contributed by atoms with Crippen molar-refractivity contribution in [2.24, 2.45) is 5.16 Å². The summed E-state index contributed by atoms with van der Waals surface area (Å²) in [6.07, 6.45) is 4.66. The zero-order valence-electron chi connectivity index (χ0n) is 15.8. The lowest BCUT2D eigenvalue weighted by atomic mass is 10.1. The summed E-state index contributed by atoms with van der Waals surface area (Å²) in [4.78, 5) is 4.67. The molecule has 0 amide bonds. The Balaban J connectivity index is 2.47. The van der Waals surface area contributed by atoms with Crippen LogP contribution in [0, 0.1) is 13.8 Å². The Morgan fingerprint density at radius 2 is 1.92 bits per heavy atom. The van der Waals surface area contributed by atoms with Crippen molar-refractivity contribution in [2.75, 3.05) is 31.8 Å². The van der Waals surface area contributed by atoms with Crippen molar-refractivity contribution in [3.8, 4) is 11.5 Å². The van der Waals surface area contributed by atoms with E-state index >= 15 is 0 Å². The van der Waals surface area contributed by atoms with Crippen LogP contribution in [0.5, 0.6) is 11.5 Å². The lowest BCUT2D eigenvalue weighted by Crippen LogP contribution is -2.13. The van der Waals surface area contributed by atoms with Gasteiger partial charge in [-0.15, -0.1) is 0 Å². The summed E-state index contributed by atoms with van der Waals surface area (Å²) in [7, 11) is 0.542. The molecule has 0 spiro atoms. The van der Waals surface area contributed by atoms with Crippen LogP contribution in [0.2, 0.25) is 0 Å². The molecule has 0 aliphatic carbocycles. The van der Waals surface area contributed by atoms with Crippen LogP contribution >= 0.6 is 0 Å². The minimum atomic E-state index is -0.946. The van der Waals surface area contributed by atoms with E-state index in [9.17, 15) is 4.21 Å². The monoisotopic (exact) mass is 367 g/mol. The van der Waals surface area contributed by atoms with E-state index in [0.29, 0.717) is 24.7 Å². The van der Waals surface area contributed by atoms with Crippen LogP contribution in [-0.2, 0) is 15.6 Å². The van der Waals surface area contributed by atoms with E-state index in [1.54, 1.807) is 0 Å². The molecule has 0 saturated carbocycles. The summed E-state index contributed by atoms with van der Waals surface area (Å²) in [5, 5.41) is 3.77. The molecule has 0 saturated heterocycles. The molecule has 1 aromatic rings. The first kappa shape index (κ1) is 21.2. The first-order valence-corrected chi connectivity index (χ1v) is 9.86. The zero-order chi connectivity index (χ0) is 18.7. The molecule has 0 radical (unpaired) electrons. The highest BCUT2D eigenvalue weighted by Gasteiger charge is 2.08. The van der Waals surface area contributed by atoms with Gasteiger partial charge in [-0.1, -0.05) is 17.3 Å². The van der Waals surface area contributed by atoms with E-state index in [4.69, 9.17) is 9.47 Å². The number of hydrogen-bond acceptors (Lipinski definition) is 5. The largest absolute Gasteiger partial charge is 0.493 e. The number of benzene rings is 1. The van der Waals surface area contributed by atoms with Gasteiger partial charge in [-0.3, -0.25) is 4.21 Å². The lowest BCUT2D eigenvalue weighted by Gasteiger charge is -2.14. The van der Waals surface area contributed by atoms with Crippen molar-refractivity contribution >= 4 is 16.5 Å². The van der Waals surface area contributed by atoms with Crippen molar-refractivity contribution in [1.82, 2.24) is 0 Å². The van der Waals surface area contributed by atoms with Gasteiger partial charge in [0, 0.05) is 16.6 Å². The molecule has 5 nitrogen and oxygen atoms in total. The van der Waals surface area contributed by atoms with Gasteiger partial charge in [0.1, 0.15) is 25.2 Å². The van der Waals surface area contributed by atoms with Gasteiger partial charge in [0.15, 0.2) is 0 Å². The van der Waals surface area contributed by atoms with Gasteiger partial charge in [0.25, 0.3) is 0 Å². The standard InChI is InChI=1S/C19H29NO4S/c1-6-7-9-23-18-12-15(2)19(16(3)13-18)24-10-8-11-25(21)14-17(4)20-22-5/h6-7,12-13H,8-11,14H2,1-5H3/b7-6+,20-17+. The molecular formula is C19H29NO4S. The number of oxime groups is 1. The first-order chi connectivity index (χ1) is 12.0. The molecule has 0 aromatic heterocycles. The van der Waals surface area contributed by atoms with Gasteiger partial charge in [-0.05, 0) is 57.4 Å². The van der Waals surface area contributed by atoms with Crippen LogP contribution < -0.4 is 9.47 Å². The third kappa shape index (κ3) is 8.20. The van der Waals surface area contributed by atoms with Gasteiger partial charge in [-0.25, -0.2) is 0 Å². The lowest BCUT2D eigenvalue weighted by molar-refractivity contribution is 0.213. The second kappa shape index (κ2) is 11.7. The van der Waals surface area contributed by atoms with Crippen molar-refractivity contribution < 1.29 is 18.5 Å². The highest BCUT2D eigenvalue weighted by molar-refractivity contribution is 7.85. The maximum atomic E-state index is 11.9. The Morgan fingerprint density at radius 3 is 2.52 bits per heavy atom. The van der Waals surface area contributed by atoms with Crippen LogP contribution in [0.25, 0.3) is 0 Å². The SMILES string of the molecule is C/C=C/COc1cc(C)c(OCCCS(=O)C/C(C)=N/OC)c(C)c1. The fraction of sp³-hybridized carbons (Fsp3) is 0.526. The molecule has 0 N–H and O–H groups in total. The first-order valence-electron chi connectivity index (χ1n) is 8.37. The molecule has 1 rings (SSSR count). The number of allylic oxidation sites excluding steroid dienone is 1. The smallest absolute Gasteiger partial charge is 0.125 e. The van der Waals surface area contributed by atoms with E-state index in [1.807, 2.05) is 52.0 Å². The normalized spacial score (nSPS) is 13.1. The third-order valence-electron chi connectivity index (χ3n) is 3.40. The molecule has 0 aliphatic heterocycles. The van der Waals surface area contributed by atoms with Crippen molar-refractivity contribution in [2.45, 2.75) is 34.1 Å². The summed E-state index contributed by atoms with van der Waals surface area (Å²) in [5.41, 5.74) is 2.82. The van der Waals surface area contributed by atoms with E-state index < -0.39 is 10.8 Å². The van der Waals surface area contributed by atoms with E-state index in [0.717, 1.165) is 34.8 Å². The minimum Gasteiger partial charge on any atom is -0.493 e. The van der Waals surface area contributed by atoms with Crippen LogP contribution in [-0.4, -0.2) is 41.7 Å². The summed E-state index contributed by atoms with van der Waals surface area (Å²) in [5.74, 6) is 2.74. The van der Waals surface area contributed by atoms with E-state index in [-0.39, 0.29) is 0 Å². The van der Waals surface area contributed by atoms with Crippen LogP contribution in [0.1, 0.15) is 31.4 Å². The van der Waals surface area contributed by atoms with Gasteiger partial charge in [0.05, 0.1) is 18.1 Å². The topological polar surface area (TPSA) is 57.1 Å². The van der Waals surface area contributed by atoms with E-state index in [2.05, 4.69) is 9.99 Å². The Bertz CT molecular complexity index is 603. The number of nitrogens with zero attached hydrogens (tertiary/aromatic N) is 1. The second-order valence-corrected chi connectivity index (χ2v) is 7.34. The predicted molar refractivity (Wildman–Crippen MR) is 104 cm³/mol. The molecule has 6 heteroatoms. The highest BCUT2D eigenvalue weighted by Crippen LogP contribution is 2.28. The molecule has 1 aromatic carbocycles. The third-order valence-corrected chi connectivity index (χ3v) is 4.88. The number of rotatable bonds is 11. The van der Waals surface area contributed by atoms with Crippen molar-refractivity contribution in [3.63, 3.8) is 0 Å². The Kier molecular flexibility index (Phi) is 9.92. The quantitative estimate of drug-likeness (QED) is 0.258. The predicted octanol–water partition coefficient (Wildman–Crippen LogP) is 3.80. The number of hydrogen-bond donors (Lipinski definition) is 0. The Labute approximate surface area is 153 Å². The molecule has 1 atom stereocenters. The summed E-state index contributed by atoms with van der Waals surface area (Å²) < 4.78 is 23.5. The maximum absolute atomic E-state index is 11.9. The summed E-state index contributed by atoms with van der Waals surface area (Å²) in [6.45, 7) is 8.89. The zero-order valence-corrected chi connectivity index (χ0v) is 16.6. The summed E-state index contributed by atoms with van der Waals surface area (Å²) >= 11 is 0. The molecular weight excluding hydrogens is 338 g/mol. The van der Waals surface area contributed by atoms with Crippen LogP contribution in [0.4, 0.5) is 0 Å².